The number of nitrogens with zero attached hydrogens (tertiary/aromatic N) is 5. The fraction of sp³-hybridized carbons (Fsp3) is 0.300. The molecule has 1 aliphatic rings. The fourth-order valence-electron chi connectivity index (χ4n) is 5.49. The summed E-state index contributed by atoms with van der Waals surface area (Å²) in [6, 6.07) is 14.1. The normalized spacial score (nSPS) is 14.0. The average molecular weight is 546 g/mol. The summed E-state index contributed by atoms with van der Waals surface area (Å²) in [5.74, 6) is -0.134. The molecular weight excluding hydrogens is 516 g/mol. The first-order chi connectivity index (χ1) is 19.3. The molecule has 0 radical (unpaired) electrons. The summed E-state index contributed by atoms with van der Waals surface area (Å²) in [6.45, 7) is 3.86. The number of pyridine rings is 2. The Kier molecular flexibility index (Phi) is 7.41. The Morgan fingerprint density at radius 2 is 1.50 bits per heavy atom. The molecule has 0 bridgehead atoms. The minimum Gasteiger partial charge on any atom is -0.496 e. The molecule has 40 heavy (non-hydrogen) atoms. The van der Waals surface area contributed by atoms with Crippen molar-refractivity contribution in [2.45, 2.75) is 13.0 Å². The van der Waals surface area contributed by atoms with E-state index in [-0.39, 0.29) is 11.1 Å². The van der Waals surface area contributed by atoms with Crippen LogP contribution in [-0.2, 0) is 7.05 Å². The number of halogens is 2. The molecule has 1 aliphatic heterocycles. The highest BCUT2D eigenvalue weighted by Crippen LogP contribution is 2.40. The van der Waals surface area contributed by atoms with Gasteiger partial charge >= 0.3 is 0 Å². The minimum atomic E-state index is -0.440. The van der Waals surface area contributed by atoms with Crippen molar-refractivity contribution in [3.8, 4) is 17.6 Å². The molecule has 1 fully saturated rings. The number of ether oxygens (including phenoxy) is 2. The summed E-state index contributed by atoms with van der Waals surface area (Å²) in [6.07, 6.45) is 0. The van der Waals surface area contributed by atoms with Gasteiger partial charge in [0.25, 0.3) is 5.56 Å². The summed E-state index contributed by atoms with van der Waals surface area (Å²) in [4.78, 5) is 22.0. The van der Waals surface area contributed by atoms with Crippen LogP contribution in [0, 0.1) is 29.9 Å². The van der Waals surface area contributed by atoms with Crippen LogP contribution in [0.15, 0.2) is 53.3 Å². The van der Waals surface area contributed by atoms with Crippen molar-refractivity contribution in [1.29, 1.82) is 5.26 Å². The molecule has 0 aliphatic carbocycles. The maximum Gasteiger partial charge on any atom is 0.270 e. The van der Waals surface area contributed by atoms with Gasteiger partial charge in [-0.15, -0.1) is 0 Å². The lowest BCUT2D eigenvalue weighted by Crippen LogP contribution is -2.48. The van der Waals surface area contributed by atoms with Gasteiger partial charge in [-0.1, -0.05) is 12.1 Å². The Labute approximate surface area is 230 Å². The molecule has 10 heteroatoms. The number of hydrogen-bond acceptors (Lipinski definition) is 7. The van der Waals surface area contributed by atoms with E-state index in [4.69, 9.17) is 14.5 Å². The molecule has 0 atom stereocenters. The van der Waals surface area contributed by atoms with Crippen molar-refractivity contribution in [2.24, 2.45) is 7.05 Å². The zero-order valence-electron chi connectivity index (χ0n) is 22.7. The molecule has 0 N–H and O–H groups in total. The van der Waals surface area contributed by atoms with Crippen LogP contribution in [0.2, 0.25) is 0 Å². The lowest BCUT2D eigenvalue weighted by Gasteiger charge is -2.41. The topological polar surface area (TPSA) is 83.6 Å². The Morgan fingerprint density at radius 1 is 0.925 bits per heavy atom. The fourth-order valence-corrected chi connectivity index (χ4v) is 5.49. The van der Waals surface area contributed by atoms with Gasteiger partial charge in [0.15, 0.2) is 0 Å². The highest BCUT2D eigenvalue weighted by molar-refractivity contribution is 5.91. The Hall–Kier alpha value is -4.49. The number of nitriles is 1. The number of hydrogen-bond donors (Lipinski definition) is 0. The summed E-state index contributed by atoms with van der Waals surface area (Å²) < 4.78 is 40.8. The quantitative estimate of drug-likeness (QED) is 0.357. The van der Waals surface area contributed by atoms with Crippen LogP contribution in [-0.4, -0.2) is 54.8 Å². The predicted octanol–water partition coefficient (Wildman–Crippen LogP) is 4.32. The van der Waals surface area contributed by atoms with Gasteiger partial charge in [-0.25, -0.2) is 13.8 Å². The van der Waals surface area contributed by atoms with Crippen molar-refractivity contribution in [3.05, 3.63) is 92.9 Å². The number of piperazine rings is 1. The van der Waals surface area contributed by atoms with E-state index in [0.29, 0.717) is 65.5 Å². The Balaban J connectivity index is 1.57. The number of aryl methyl sites for hydroxylation is 2. The van der Waals surface area contributed by atoms with E-state index >= 15 is 0 Å². The first-order valence-electron chi connectivity index (χ1n) is 12.8. The van der Waals surface area contributed by atoms with Crippen LogP contribution >= 0.6 is 0 Å². The molecule has 2 aromatic heterocycles. The van der Waals surface area contributed by atoms with Crippen LogP contribution in [0.4, 0.5) is 14.5 Å². The Morgan fingerprint density at radius 3 is 2.02 bits per heavy atom. The molecule has 0 amide bonds. The molecule has 206 valence electrons. The van der Waals surface area contributed by atoms with E-state index in [1.165, 1.54) is 43.1 Å². The number of fused-ring (bicyclic) bond motifs is 1. The third-order valence-corrected chi connectivity index (χ3v) is 7.44. The second-order valence-corrected chi connectivity index (χ2v) is 9.72. The van der Waals surface area contributed by atoms with Gasteiger partial charge in [0.05, 0.1) is 31.5 Å². The average Bonchev–Trinajstić information content (AvgIpc) is 2.96. The standard InChI is InChI=1S/C30H29F2N5O3/c1-18-5-10-24-27(34-18)29(23(17-33)30(38)35(24)2)37-13-11-36(12-14-37)28(21-8-6-19(31)15-25(21)39-3)22-9-7-20(32)16-26(22)40-4/h5-10,15-16,28H,11-14H2,1-4H3. The number of rotatable bonds is 6. The molecule has 0 unspecified atom stereocenters. The molecule has 1 saturated heterocycles. The minimum absolute atomic E-state index is 0.0542. The van der Waals surface area contributed by atoms with Crippen molar-refractivity contribution >= 4 is 16.7 Å². The maximum atomic E-state index is 14.1. The largest absolute Gasteiger partial charge is 0.496 e. The smallest absolute Gasteiger partial charge is 0.270 e. The Bertz CT molecular complexity index is 1640. The summed E-state index contributed by atoms with van der Waals surface area (Å²) in [5.41, 5.74) is 3.65. The number of anilines is 1. The highest BCUT2D eigenvalue weighted by atomic mass is 19.1. The van der Waals surface area contributed by atoms with Gasteiger partial charge < -0.3 is 18.9 Å². The molecule has 4 aromatic rings. The predicted molar refractivity (Wildman–Crippen MR) is 148 cm³/mol. The lowest BCUT2D eigenvalue weighted by atomic mass is 9.94. The van der Waals surface area contributed by atoms with E-state index in [1.807, 2.05) is 24.0 Å². The van der Waals surface area contributed by atoms with Gasteiger partial charge in [0.2, 0.25) is 0 Å². The number of benzene rings is 2. The summed E-state index contributed by atoms with van der Waals surface area (Å²) in [5, 5.41) is 9.96. The molecule has 0 saturated carbocycles. The molecule has 2 aromatic carbocycles. The summed E-state index contributed by atoms with van der Waals surface area (Å²) >= 11 is 0. The van der Waals surface area contributed by atoms with Gasteiger partial charge in [0, 0.05) is 62.2 Å². The number of aromatic nitrogens is 2. The van der Waals surface area contributed by atoms with Gasteiger partial charge in [-0.3, -0.25) is 9.69 Å². The number of methoxy groups -OCH3 is 2. The zero-order chi connectivity index (χ0) is 28.6. The van der Waals surface area contributed by atoms with E-state index in [0.717, 1.165) is 5.69 Å². The maximum absolute atomic E-state index is 14.1. The van der Waals surface area contributed by atoms with Crippen molar-refractivity contribution in [3.63, 3.8) is 0 Å². The summed E-state index contributed by atoms with van der Waals surface area (Å²) in [7, 11) is 4.60. The van der Waals surface area contributed by atoms with Gasteiger partial charge in [-0.05, 0) is 31.2 Å². The van der Waals surface area contributed by atoms with E-state index in [9.17, 15) is 18.8 Å². The van der Waals surface area contributed by atoms with Crippen molar-refractivity contribution in [1.82, 2.24) is 14.5 Å². The third-order valence-electron chi connectivity index (χ3n) is 7.44. The van der Waals surface area contributed by atoms with Crippen LogP contribution in [0.25, 0.3) is 11.0 Å². The van der Waals surface area contributed by atoms with Crippen molar-refractivity contribution in [2.75, 3.05) is 45.3 Å². The first-order valence-corrected chi connectivity index (χ1v) is 12.8. The molecular formula is C30H29F2N5O3. The van der Waals surface area contributed by atoms with Crippen LogP contribution in [0.3, 0.4) is 0 Å². The third kappa shape index (κ3) is 4.73. The second-order valence-electron chi connectivity index (χ2n) is 9.72. The molecule has 3 heterocycles. The highest BCUT2D eigenvalue weighted by Gasteiger charge is 2.33. The molecule has 8 nitrogen and oxygen atoms in total. The SMILES string of the molecule is COc1cc(F)ccc1C(c1ccc(F)cc1OC)N1CCN(c2c(C#N)c(=O)n(C)c3ccc(C)nc23)CC1. The van der Waals surface area contributed by atoms with Crippen LogP contribution in [0.1, 0.15) is 28.4 Å². The van der Waals surface area contributed by atoms with Crippen LogP contribution in [0.5, 0.6) is 11.5 Å². The molecule has 0 spiro atoms. The van der Waals surface area contributed by atoms with Gasteiger partial charge in [0.1, 0.15) is 40.3 Å². The van der Waals surface area contributed by atoms with E-state index < -0.39 is 17.7 Å². The van der Waals surface area contributed by atoms with E-state index in [2.05, 4.69) is 11.0 Å². The monoisotopic (exact) mass is 545 g/mol. The zero-order valence-corrected chi connectivity index (χ0v) is 22.7. The lowest BCUT2D eigenvalue weighted by molar-refractivity contribution is 0.205. The first kappa shape index (κ1) is 27.1. The van der Waals surface area contributed by atoms with Crippen LogP contribution < -0.4 is 19.9 Å². The van der Waals surface area contributed by atoms with Gasteiger partial charge in [-0.2, -0.15) is 5.26 Å². The van der Waals surface area contributed by atoms with Crippen molar-refractivity contribution < 1.29 is 18.3 Å². The molecule has 5 rings (SSSR count). The van der Waals surface area contributed by atoms with E-state index in [1.54, 1.807) is 19.2 Å². The second kappa shape index (κ2) is 10.9.